The minimum atomic E-state index is -0.268. The maximum atomic E-state index is 12.7. The largest absolute Gasteiger partial charge is 0.497 e. The third-order valence-corrected chi connectivity index (χ3v) is 5.00. The number of methoxy groups -OCH3 is 1. The van der Waals surface area contributed by atoms with Gasteiger partial charge in [0.25, 0.3) is 11.8 Å². The number of carbonyl (C=O) groups is 2. The Kier molecular flexibility index (Phi) is 6.63. The second-order valence-electron chi connectivity index (χ2n) is 7.26. The zero-order chi connectivity index (χ0) is 19.9. The number of hydrogen-bond donors (Lipinski definition) is 1. The lowest BCUT2D eigenvalue weighted by molar-refractivity contribution is 0.0677. The van der Waals surface area contributed by atoms with E-state index in [1.165, 1.54) is 0 Å². The maximum Gasteiger partial charge on any atom is 0.272 e. The van der Waals surface area contributed by atoms with E-state index in [9.17, 15) is 9.59 Å². The van der Waals surface area contributed by atoms with E-state index in [2.05, 4.69) is 17.2 Å². The van der Waals surface area contributed by atoms with Gasteiger partial charge in [0.2, 0.25) is 0 Å². The molecule has 6 nitrogen and oxygen atoms in total. The molecule has 1 saturated heterocycles. The van der Waals surface area contributed by atoms with Gasteiger partial charge in [0.15, 0.2) is 0 Å². The average molecular weight is 381 g/mol. The molecule has 1 aliphatic rings. The Morgan fingerprint density at radius 2 is 1.93 bits per heavy atom. The summed E-state index contributed by atoms with van der Waals surface area (Å²) < 4.78 is 5.14. The van der Waals surface area contributed by atoms with E-state index < -0.39 is 0 Å². The summed E-state index contributed by atoms with van der Waals surface area (Å²) in [6.45, 7) is 4.15. The minimum Gasteiger partial charge on any atom is -0.497 e. The van der Waals surface area contributed by atoms with Gasteiger partial charge in [0.05, 0.1) is 7.11 Å². The molecule has 3 rings (SSSR count). The van der Waals surface area contributed by atoms with Crippen molar-refractivity contribution in [1.82, 2.24) is 15.2 Å². The van der Waals surface area contributed by atoms with Crippen molar-refractivity contribution in [2.75, 3.05) is 26.7 Å². The van der Waals surface area contributed by atoms with Crippen LogP contribution >= 0.6 is 0 Å². The zero-order valence-electron chi connectivity index (χ0n) is 16.5. The van der Waals surface area contributed by atoms with Crippen LogP contribution in [0.2, 0.25) is 0 Å². The Morgan fingerprint density at radius 1 is 1.18 bits per heavy atom. The summed E-state index contributed by atoms with van der Waals surface area (Å²) in [4.78, 5) is 31.2. The number of pyridine rings is 1. The van der Waals surface area contributed by atoms with Gasteiger partial charge in [0, 0.05) is 19.6 Å². The number of nitrogens with one attached hydrogen (secondary N) is 1. The van der Waals surface area contributed by atoms with Crippen LogP contribution < -0.4 is 10.1 Å². The normalized spacial score (nSPS) is 16.5. The maximum absolute atomic E-state index is 12.7. The quantitative estimate of drug-likeness (QED) is 0.835. The van der Waals surface area contributed by atoms with Crippen LogP contribution in [0.15, 0.2) is 42.5 Å². The van der Waals surface area contributed by atoms with Gasteiger partial charge in [-0.25, -0.2) is 4.98 Å². The fraction of sp³-hybridized carbons (Fsp3) is 0.409. The van der Waals surface area contributed by atoms with Crippen molar-refractivity contribution in [1.29, 1.82) is 0 Å². The first-order valence-corrected chi connectivity index (χ1v) is 9.74. The SMILES string of the molecule is COc1ccc(CCNC(=O)c2cccc(C(=O)N3CCCC(C)C3)n2)cc1. The lowest BCUT2D eigenvalue weighted by Crippen LogP contribution is -2.39. The highest BCUT2D eigenvalue weighted by Crippen LogP contribution is 2.17. The number of carbonyl (C=O) groups excluding carboxylic acids is 2. The summed E-state index contributed by atoms with van der Waals surface area (Å²) in [5.74, 6) is 0.943. The van der Waals surface area contributed by atoms with Crippen molar-refractivity contribution in [3.05, 3.63) is 59.4 Å². The smallest absolute Gasteiger partial charge is 0.272 e. The zero-order valence-corrected chi connectivity index (χ0v) is 16.5. The lowest BCUT2D eigenvalue weighted by Gasteiger charge is -2.30. The predicted octanol–water partition coefficient (Wildman–Crippen LogP) is 2.93. The Hall–Kier alpha value is -2.89. The van der Waals surface area contributed by atoms with Crippen LogP contribution in [0.1, 0.15) is 46.3 Å². The number of nitrogens with zero attached hydrogens (tertiary/aromatic N) is 2. The van der Waals surface area contributed by atoms with Crippen molar-refractivity contribution in [3.8, 4) is 5.75 Å². The van der Waals surface area contributed by atoms with E-state index >= 15 is 0 Å². The molecular weight excluding hydrogens is 354 g/mol. The lowest BCUT2D eigenvalue weighted by atomic mass is 10.00. The highest BCUT2D eigenvalue weighted by molar-refractivity contribution is 5.96. The summed E-state index contributed by atoms with van der Waals surface area (Å²) in [7, 11) is 1.63. The minimum absolute atomic E-state index is 0.0977. The number of amides is 2. The van der Waals surface area contributed by atoms with Gasteiger partial charge in [-0.1, -0.05) is 25.1 Å². The van der Waals surface area contributed by atoms with Crippen molar-refractivity contribution in [2.24, 2.45) is 5.92 Å². The van der Waals surface area contributed by atoms with Gasteiger partial charge in [-0.2, -0.15) is 0 Å². The summed E-state index contributed by atoms with van der Waals surface area (Å²) in [6, 6.07) is 12.8. The molecule has 2 amide bonds. The van der Waals surface area contributed by atoms with Crippen LogP contribution in [-0.2, 0) is 6.42 Å². The number of hydrogen-bond acceptors (Lipinski definition) is 4. The molecule has 2 heterocycles. The van der Waals surface area contributed by atoms with Gasteiger partial charge in [-0.15, -0.1) is 0 Å². The summed E-state index contributed by atoms with van der Waals surface area (Å²) in [5, 5.41) is 2.87. The average Bonchev–Trinajstić information content (AvgIpc) is 2.73. The first-order chi connectivity index (χ1) is 13.6. The van der Waals surface area contributed by atoms with E-state index in [-0.39, 0.29) is 17.5 Å². The van der Waals surface area contributed by atoms with Crippen LogP contribution in [-0.4, -0.2) is 48.4 Å². The standard InChI is InChI=1S/C22H27N3O3/c1-16-5-4-14-25(15-16)22(27)20-7-3-6-19(24-20)21(26)23-13-12-17-8-10-18(28-2)11-9-17/h3,6-11,16H,4-5,12-15H2,1-2H3,(H,23,26). The molecule has 1 aromatic carbocycles. The van der Waals surface area contributed by atoms with Crippen molar-refractivity contribution >= 4 is 11.8 Å². The van der Waals surface area contributed by atoms with E-state index in [4.69, 9.17) is 4.74 Å². The Balaban J connectivity index is 1.56. The molecule has 1 N–H and O–H groups in total. The number of ether oxygens (including phenoxy) is 1. The van der Waals surface area contributed by atoms with E-state index in [0.29, 0.717) is 24.6 Å². The molecule has 1 aliphatic heterocycles. The molecule has 1 aromatic heterocycles. The molecule has 1 unspecified atom stereocenters. The number of aromatic nitrogens is 1. The predicted molar refractivity (Wildman–Crippen MR) is 108 cm³/mol. The Labute approximate surface area is 165 Å². The molecule has 1 atom stereocenters. The molecule has 28 heavy (non-hydrogen) atoms. The Bertz CT molecular complexity index is 820. The van der Waals surface area contributed by atoms with Gasteiger partial charge in [0.1, 0.15) is 17.1 Å². The highest BCUT2D eigenvalue weighted by Gasteiger charge is 2.23. The second kappa shape index (κ2) is 9.35. The number of benzene rings is 1. The van der Waals surface area contributed by atoms with Gasteiger partial charge in [-0.05, 0) is 55.0 Å². The van der Waals surface area contributed by atoms with Crippen molar-refractivity contribution in [3.63, 3.8) is 0 Å². The molecule has 148 valence electrons. The number of likely N-dealkylation sites (tertiary alicyclic amines) is 1. The first kappa shape index (κ1) is 19.9. The monoisotopic (exact) mass is 381 g/mol. The van der Waals surface area contributed by atoms with Gasteiger partial charge < -0.3 is 15.0 Å². The van der Waals surface area contributed by atoms with Crippen molar-refractivity contribution < 1.29 is 14.3 Å². The molecule has 0 radical (unpaired) electrons. The molecule has 0 bridgehead atoms. The van der Waals surface area contributed by atoms with Crippen LogP contribution in [0.25, 0.3) is 0 Å². The molecule has 0 spiro atoms. The summed E-state index contributed by atoms with van der Waals surface area (Å²) >= 11 is 0. The van der Waals surface area contributed by atoms with Gasteiger partial charge in [-0.3, -0.25) is 9.59 Å². The topological polar surface area (TPSA) is 71.5 Å². The van der Waals surface area contributed by atoms with Crippen LogP contribution in [0.4, 0.5) is 0 Å². The molecule has 0 aliphatic carbocycles. The number of piperidine rings is 1. The third kappa shape index (κ3) is 5.09. The molecular formula is C22H27N3O3. The van der Waals surface area contributed by atoms with Gasteiger partial charge >= 0.3 is 0 Å². The van der Waals surface area contributed by atoms with E-state index in [1.54, 1.807) is 25.3 Å². The first-order valence-electron chi connectivity index (χ1n) is 9.74. The Morgan fingerprint density at radius 3 is 2.64 bits per heavy atom. The third-order valence-electron chi connectivity index (χ3n) is 5.00. The summed E-state index contributed by atoms with van der Waals surface area (Å²) in [6.07, 6.45) is 2.87. The number of rotatable bonds is 6. The van der Waals surface area contributed by atoms with Crippen LogP contribution in [0.5, 0.6) is 5.75 Å². The van der Waals surface area contributed by atoms with Crippen LogP contribution in [0.3, 0.4) is 0 Å². The fourth-order valence-corrected chi connectivity index (χ4v) is 3.42. The van der Waals surface area contributed by atoms with Crippen molar-refractivity contribution in [2.45, 2.75) is 26.2 Å². The van der Waals surface area contributed by atoms with E-state index in [1.807, 2.05) is 29.2 Å². The molecule has 1 fully saturated rings. The molecule has 0 saturated carbocycles. The van der Waals surface area contributed by atoms with Crippen LogP contribution in [0, 0.1) is 5.92 Å². The highest BCUT2D eigenvalue weighted by atomic mass is 16.5. The summed E-state index contributed by atoms with van der Waals surface area (Å²) in [5.41, 5.74) is 1.71. The molecule has 2 aromatic rings. The molecule has 6 heteroatoms. The fourth-order valence-electron chi connectivity index (χ4n) is 3.42. The van der Waals surface area contributed by atoms with E-state index in [0.717, 1.165) is 37.2 Å². The second-order valence-corrected chi connectivity index (χ2v) is 7.26.